The van der Waals surface area contributed by atoms with E-state index in [1.807, 2.05) is 12.1 Å². The van der Waals surface area contributed by atoms with Crippen LogP contribution >= 0.6 is 35.4 Å². The number of aromatic nitrogens is 1. The predicted octanol–water partition coefficient (Wildman–Crippen LogP) is 7.05. The maximum atomic E-state index is 12.4. The molecule has 4 rings (SSSR count). The molecule has 0 aliphatic carbocycles. The molecule has 1 aromatic heterocycles. The number of rotatable bonds is 4. The third-order valence-corrected chi connectivity index (χ3v) is 5.64. The van der Waals surface area contributed by atoms with E-state index in [0.29, 0.717) is 33.6 Å². The number of amides is 1. The molecule has 0 unspecified atom stereocenters. The molecule has 0 saturated carbocycles. The summed E-state index contributed by atoms with van der Waals surface area (Å²) in [5.41, 5.74) is 4.38. The Hall–Kier alpha value is -2.93. The highest BCUT2D eigenvalue weighted by Crippen LogP contribution is 2.27. The van der Waals surface area contributed by atoms with Gasteiger partial charge in [-0.3, -0.25) is 10.1 Å². The summed E-state index contributed by atoms with van der Waals surface area (Å²) in [6.45, 7) is 4.30. The molecule has 5 nitrogen and oxygen atoms in total. The molecule has 1 amide bonds. The predicted molar refractivity (Wildman–Crippen MR) is 134 cm³/mol. The van der Waals surface area contributed by atoms with Crippen molar-refractivity contribution in [2.45, 2.75) is 19.8 Å². The molecule has 0 aliphatic heterocycles. The van der Waals surface area contributed by atoms with Gasteiger partial charge in [0.2, 0.25) is 5.89 Å². The van der Waals surface area contributed by atoms with Crippen molar-refractivity contribution in [3.05, 3.63) is 81.8 Å². The van der Waals surface area contributed by atoms with Crippen LogP contribution in [0, 0.1) is 0 Å². The summed E-state index contributed by atoms with van der Waals surface area (Å²) < 4.78 is 5.89. The summed E-state index contributed by atoms with van der Waals surface area (Å²) in [6, 6.07) is 18.2. The Kier molecular flexibility index (Phi) is 6.46. The zero-order chi connectivity index (χ0) is 22.8. The molecular weight excluding hydrogens is 465 g/mol. The molecule has 0 spiro atoms. The van der Waals surface area contributed by atoms with Gasteiger partial charge in [-0.15, -0.1) is 0 Å². The number of fused-ring (bicyclic) bond motifs is 1. The van der Waals surface area contributed by atoms with Gasteiger partial charge in [-0.2, -0.15) is 0 Å². The number of nitrogens with one attached hydrogen (secondary N) is 2. The van der Waals surface area contributed by atoms with E-state index in [9.17, 15) is 4.79 Å². The van der Waals surface area contributed by atoms with Gasteiger partial charge in [0, 0.05) is 16.3 Å². The normalized spacial score (nSPS) is 11.0. The topological polar surface area (TPSA) is 67.2 Å². The van der Waals surface area contributed by atoms with Crippen LogP contribution in [0.25, 0.3) is 22.6 Å². The number of halogens is 2. The summed E-state index contributed by atoms with van der Waals surface area (Å²) in [5, 5.41) is 6.40. The molecule has 162 valence electrons. The third kappa shape index (κ3) is 4.93. The van der Waals surface area contributed by atoms with Gasteiger partial charge < -0.3 is 9.73 Å². The van der Waals surface area contributed by atoms with Gasteiger partial charge in [0.1, 0.15) is 5.52 Å². The number of thiocarbonyl (C=S) groups is 1. The van der Waals surface area contributed by atoms with Gasteiger partial charge in [-0.25, -0.2) is 4.98 Å². The van der Waals surface area contributed by atoms with Crippen molar-refractivity contribution in [3.63, 3.8) is 0 Å². The van der Waals surface area contributed by atoms with E-state index in [-0.39, 0.29) is 15.7 Å². The molecule has 0 fully saturated rings. The van der Waals surface area contributed by atoms with E-state index in [2.05, 4.69) is 41.6 Å². The number of nitrogens with zero attached hydrogens (tertiary/aromatic N) is 1. The van der Waals surface area contributed by atoms with Gasteiger partial charge in [-0.05, 0) is 72.2 Å². The Bertz CT molecular complexity index is 1320. The van der Waals surface area contributed by atoms with E-state index in [4.69, 9.17) is 39.8 Å². The third-order valence-electron chi connectivity index (χ3n) is 4.87. The number of carbonyl (C=O) groups is 1. The van der Waals surface area contributed by atoms with Crippen LogP contribution in [-0.4, -0.2) is 16.0 Å². The van der Waals surface area contributed by atoms with E-state index in [1.165, 1.54) is 11.6 Å². The summed E-state index contributed by atoms with van der Waals surface area (Å²) in [4.78, 5) is 17.0. The van der Waals surface area contributed by atoms with Crippen LogP contribution < -0.4 is 10.6 Å². The number of hydrogen-bond donors (Lipinski definition) is 2. The first kappa shape index (κ1) is 22.3. The summed E-state index contributed by atoms with van der Waals surface area (Å²) >= 11 is 17.3. The van der Waals surface area contributed by atoms with Crippen LogP contribution in [0.3, 0.4) is 0 Å². The average Bonchev–Trinajstić information content (AvgIpc) is 3.18. The minimum atomic E-state index is -0.454. The first-order valence-corrected chi connectivity index (χ1v) is 11.0. The zero-order valence-electron chi connectivity index (χ0n) is 17.3. The SMILES string of the molecule is CC(C)c1ccc(-c2nc3cc(NC(=S)NC(=O)c4cc(Cl)ccc4Cl)ccc3o2)cc1. The second kappa shape index (κ2) is 9.28. The lowest BCUT2D eigenvalue weighted by atomic mass is 10.0. The van der Waals surface area contributed by atoms with Crippen LogP contribution in [-0.2, 0) is 0 Å². The highest BCUT2D eigenvalue weighted by atomic mass is 35.5. The minimum absolute atomic E-state index is 0.124. The molecule has 0 atom stereocenters. The molecule has 1 heterocycles. The molecule has 0 saturated heterocycles. The van der Waals surface area contributed by atoms with Crippen LogP contribution in [0.1, 0.15) is 35.7 Å². The van der Waals surface area contributed by atoms with Crippen molar-refractivity contribution in [2.24, 2.45) is 0 Å². The van der Waals surface area contributed by atoms with E-state index in [1.54, 1.807) is 30.3 Å². The first-order valence-electron chi connectivity index (χ1n) is 9.88. The quantitative estimate of drug-likeness (QED) is 0.304. The van der Waals surface area contributed by atoms with Crippen LogP contribution in [0.4, 0.5) is 5.69 Å². The number of hydrogen-bond acceptors (Lipinski definition) is 4. The smallest absolute Gasteiger partial charge is 0.258 e. The van der Waals surface area contributed by atoms with Crippen molar-refractivity contribution in [3.8, 4) is 11.5 Å². The lowest BCUT2D eigenvalue weighted by molar-refractivity contribution is 0.0978. The Balaban J connectivity index is 1.48. The first-order chi connectivity index (χ1) is 15.3. The molecule has 8 heteroatoms. The molecule has 0 aliphatic rings. The summed E-state index contributed by atoms with van der Waals surface area (Å²) in [5.74, 6) is 0.545. The number of oxazole rings is 1. The van der Waals surface area contributed by atoms with Gasteiger partial charge in [0.15, 0.2) is 10.7 Å². The van der Waals surface area contributed by atoms with E-state index >= 15 is 0 Å². The summed E-state index contributed by atoms with van der Waals surface area (Å²) in [7, 11) is 0. The van der Waals surface area contributed by atoms with Crippen LogP contribution in [0.2, 0.25) is 10.0 Å². The largest absolute Gasteiger partial charge is 0.436 e. The number of anilines is 1. The van der Waals surface area contributed by atoms with Crippen LogP contribution in [0.5, 0.6) is 0 Å². The molecule has 3 aromatic carbocycles. The lowest BCUT2D eigenvalue weighted by Crippen LogP contribution is -2.34. The second-order valence-electron chi connectivity index (χ2n) is 7.51. The van der Waals surface area contributed by atoms with Gasteiger partial charge in [-0.1, -0.05) is 49.2 Å². The minimum Gasteiger partial charge on any atom is -0.436 e. The molecule has 32 heavy (non-hydrogen) atoms. The highest BCUT2D eigenvalue weighted by molar-refractivity contribution is 7.80. The summed E-state index contributed by atoms with van der Waals surface area (Å²) in [6.07, 6.45) is 0. The fraction of sp³-hybridized carbons (Fsp3) is 0.125. The Labute approximate surface area is 200 Å². The van der Waals surface area contributed by atoms with Crippen molar-refractivity contribution in [1.82, 2.24) is 10.3 Å². The highest BCUT2D eigenvalue weighted by Gasteiger charge is 2.14. The van der Waals surface area contributed by atoms with E-state index in [0.717, 1.165) is 5.56 Å². The Morgan fingerprint density at radius 2 is 1.78 bits per heavy atom. The Morgan fingerprint density at radius 1 is 1.03 bits per heavy atom. The standard InChI is InChI=1S/C24H19Cl2N3O2S/c1-13(2)14-3-5-15(6-4-14)23-28-20-12-17(8-10-21(20)31-23)27-24(32)29-22(30)18-11-16(25)7-9-19(18)26/h3-13H,1-2H3,(H2,27,29,30,32). The van der Waals surface area contributed by atoms with Crippen molar-refractivity contribution >= 4 is 63.2 Å². The van der Waals surface area contributed by atoms with Crippen molar-refractivity contribution < 1.29 is 9.21 Å². The van der Waals surface area contributed by atoms with Gasteiger partial charge >= 0.3 is 0 Å². The fourth-order valence-corrected chi connectivity index (χ4v) is 3.73. The van der Waals surface area contributed by atoms with Crippen LogP contribution in [0.15, 0.2) is 65.1 Å². The fourth-order valence-electron chi connectivity index (χ4n) is 3.14. The molecule has 0 radical (unpaired) electrons. The van der Waals surface area contributed by atoms with Crippen molar-refractivity contribution in [1.29, 1.82) is 0 Å². The number of carbonyl (C=O) groups excluding carboxylic acids is 1. The van der Waals surface area contributed by atoms with Crippen molar-refractivity contribution in [2.75, 3.05) is 5.32 Å². The molecule has 2 N–H and O–H groups in total. The molecule has 4 aromatic rings. The zero-order valence-corrected chi connectivity index (χ0v) is 19.6. The average molecular weight is 484 g/mol. The molecular formula is C24H19Cl2N3O2S. The lowest BCUT2D eigenvalue weighted by Gasteiger charge is -2.10. The van der Waals surface area contributed by atoms with Gasteiger partial charge in [0.25, 0.3) is 5.91 Å². The number of benzene rings is 3. The van der Waals surface area contributed by atoms with E-state index < -0.39 is 5.91 Å². The Morgan fingerprint density at radius 3 is 2.50 bits per heavy atom. The van der Waals surface area contributed by atoms with Gasteiger partial charge in [0.05, 0.1) is 10.6 Å². The maximum Gasteiger partial charge on any atom is 0.258 e. The maximum absolute atomic E-state index is 12.4. The second-order valence-corrected chi connectivity index (χ2v) is 8.76. The molecule has 0 bridgehead atoms. The monoisotopic (exact) mass is 483 g/mol.